The monoisotopic (exact) mass is 283 g/mol. The van der Waals surface area contributed by atoms with E-state index in [9.17, 15) is 4.79 Å². The first-order valence-corrected chi connectivity index (χ1v) is 7.40. The fourth-order valence-electron chi connectivity index (χ4n) is 2.97. The van der Waals surface area contributed by atoms with Gasteiger partial charge in [0.05, 0.1) is 5.69 Å². The second-order valence-corrected chi connectivity index (χ2v) is 6.63. The summed E-state index contributed by atoms with van der Waals surface area (Å²) in [5.74, 6) is 0. The van der Waals surface area contributed by atoms with Gasteiger partial charge in [0.2, 0.25) is 0 Å². The standard InChI is InChI=1S/C18H21NO2/c1-12-11-14-10-9-13-7-5-6-8-15(13)16(14)19(12)17(20)21-18(2,3)4/h5-8,11H,9-10H2,1-4H3. The van der Waals surface area contributed by atoms with Crippen LogP contribution >= 0.6 is 0 Å². The fourth-order valence-corrected chi connectivity index (χ4v) is 2.97. The molecule has 21 heavy (non-hydrogen) atoms. The predicted octanol–water partition coefficient (Wildman–Crippen LogP) is 4.35. The van der Waals surface area contributed by atoms with Crippen LogP contribution in [0.5, 0.6) is 0 Å². The molecule has 0 atom stereocenters. The quantitative estimate of drug-likeness (QED) is 0.720. The number of ether oxygens (including phenoxy) is 1. The maximum atomic E-state index is 12.6. The Balaban J connectivity index is 2.13. The van der Waals surface area contributed by atoms with Gasteiger partial charge in [0.25, 0.3) is 0 Å². The highest BCUT2D eigenvalue weighted by Crippen LogP contribution is 2.36. The first-order chi connectivity index (χ1) is 9.87. The molecule has 1 heterocycles. The van der Waals surface area contributed by atoms with E-state index >= 15 is 0 Å². The highest BCUT2D eigenvalue weighted by molar-refractivity contribution is 5.83. The molecule has 0 spiro atoms. The molecule has 3 rings (SSSR count). The summed E-state index contributed by atoms with van der Waals surface area (Å²) in [5.41, 5.74) is 5.13. The van der Waals surface area contributed by atoms with Gasteiger partial charge in [-0.05, 0) is 57.7 Å². The minimum absolute atomic E-state index is 0.294. The second-order valence-electron chi connectivity index (χ2n) is 6.63. The molecule has 1 aliphatic carbocycles. The maximum absolute atomic E-state index is 12.6. The minimum atomic E-state index is -0.491. The fraction of sp³-hybridized carbons (Fsp3) is 0.389. The van der Waals surface area contributed by atoms with Crippen molar-refractivity contribution in [1.82, 2.24) is 4.57 Å². The molecule has 2 aromatic rings. The highest BCUT2D eigenvalue weighted by atomic mass is 16.6. The van der Waals surface area contributed by atoms with E-state index in [0.29, 0.717) is 0 Å². The van der Waals surface area contributed by atoms with Crippen molar-refractivity contribution in [3.8, 4) is 11.3 Å². The molecule has 0 saturated heterocycles. The lowest BCUT2D eigenvalue weighted by molar-refractivity contribution is 0.0537. The van der Waals surface area contributed by atoms with Crippen molar-refractivity contribution in [1.29, 1.82) is 0 Å². The van der Waals surface area contributed by atoms with Crippen molar-refractivity contribution in [3.05, 3.63) is 47.2 Å². The van der Waals surface area contributed by atoms with Crippen LogP contribution in [0.2, 0.25) is 0 Å². The van der Waals surface area contributed by atoms with Gasteiger partial charge in [-0.2, -0.15) is 0 Å². The van der Waals surface area contributed by atoms with Crippen molar-refractivity contribution < 1.29 is 9.53 Å². The minimum Gasteiger partial charge on any atom is -0.443 e. The first kappa shape index (κ1) is 13.9. The largest absolute Gasteiger partial charge is 0.443 e. The molecule has 0 N–H and O–H groups in total. The molecule has 1 aromatic heterocycles. The molecule has 110 valence electrons. The lowest BCUT2D eigenvalue weighted by atomic mass is 9.90. The van der Waals surface area contributed by atoms with Gasteiger partial charge in [0.15, 0.2) is 0 Å². The Morgan fingerprint density at radius 2 is 1.81 bits per heavy atom. The molecule has 0 radical (unpaired) electrons. The van der Waals surface area contributed by atoms with Crippen molar-refractivity contribution in [2.75, 3.05) is 0 Å². The number of aryl methyl sites for hydroxylation is 3. The molecule has 0 unspecified atom stereocenters. The molecule has 1 aromatic carbocycles. The molecule has 0 aliphatic heterocycles. The number of carbonyl (C=O) groups excluding carboxylic acids is 1. The Morgan fingerprint density at radius 1 is 1.14 bits per heavy atom. The Labute approximate surface area is 125 Å². The number of hydrogen-bond donors (Lipinski definition) is 0. The van der Waals surface area contributed by atoms with Crippen LogP contribution < -0.4 is 0 Å². The van der Waals surface area contributed by atoms with Crippen LogP contribution in [0, 0.1) is 6.92 Å². The predicted molar refractivity (Wildman–Crippen MR) is 83.6 cm³/mol. The van der Waals surface area contributed by atoms with Gasteiger partial charge in [-0.3, -0.25) is 0 Å². The van der Waals surface area contributed by atoms with Crippen molar-refractivity contribution in [2.24, 2.45) is 0 Å². The van der Waals surface area contributed by atoms with E-state index in [0.717, 1.165) is 29.8 Å². The average Bonchev–Trinajstić information content (AvgIpc) is 2.73. The smallest absolute Gasteiger partial charge is 0.419 e. The summed E-state index contributed by atoms with van der Waals surface area (Å²) in [6.07, 6.45) is 1.71. The summed E-state index contributed by atoms with van der Waals surface area (Å²) in [4.78, 5) is 12.6. The van der Waals surface area contributed by atoms with Gasteiger partial charge in [0.1, 0.15) is 5.60 Å². The molecule has 1 aliphatic rings. The maximum Gasteiger partial charge on any atom is 0.419 e. The van der Waals surface area contributed by atoms with Gasteiger partial charge in [-0.25, -0.2) is 9.36 Å². The van der Waals surface area contributed by atoms with E-state index in [4.69, 9.17) is 4.74 Å². The molecule has 0 bridgehead atoms. The van der Waals surface area contributed by atoms with E-state index in [2.05, 4.69) is 24.3 Å². The van der Waals surface area contributed by atoms with Crippen LogP contribution in [0.15, 0.2) is 30.3 Å². The Morgan fingerprint density at radius 3 is 2.52 bits per heavy atom. The summed E-state index contributed by atoms with van der Waals surface area (Å²) in [6.45, 7) is 7.64. The van der Waals surface area contributed by atoms with Gasteiger partial charge >= 0.3 is 6.09 Å². The van der Waals surface area contributed by atoms with Gasteiger partial charge < -0.3 is 4.74 Å². The van der Waals surface area contributed by atoms with E-state index in [1.165, 1.54) is 11.1 Å². The third-order valence-corrected chi connectivity index (χ3v) is 3.78. The zero-order chi connectivity index (χ0) is 15.2. The number of aromatic nitrogens is 1. The van der Waals surface area contributed by atoms with Crippen molar-refractivity contribution in [2.45, 2.75) is 46.1 Å². The molecule has 3 heteroatoms. The van der Waals surface area contributed by atoms with Crippen LogP contribution in [0.3, 0.4) is 0 Å². The number of nitrogens with zero attached hydrogens (tertiary/aromatic N) is 1. The highest BCUT2D eigenvalue weighted by Gasteiger charge is 2.27. The Bertz CT molecular complexity index is 704. The van der Waals surface area contributed by atoms with Gasteiger partial charge in [-0.1, -0.05) is 24.3 Å². The normalized spacial score (nSPS) is 13.5. The lowest BCUT2D eigenvalue weighted by Gasteiger charge is -2.23. The summed E-state index contributed by atoms with van der Waals surface area (Å²) < 4.78 is 7.29. The third kappa shape index (κ3) is 2.48. The molecule has 0 fully saturated rings. The Kier molecular flexibility index (Phi) is 3.16. The van der Waals surface area contributed by atoms with Crippen LogP contribution in [0.25, 0.3) is 11.3 Å². The topological polar surface area (TPSA) is 31.2 Å². The molecule has 0 saturated carbocycles. The molecule has 0 amide bonds. The number of carbonyl (C=O) groups is 1. The van der Waals surface area contributed by atoms with Crippen molar-refractivity contribution >= 4 is 6.09 Å². The third-order valence-electron chi connectivity index (χ3n) is 3.78. The molecule has 3 nitrogen and oxygen atoms in total. The zero-order valence-corrected chi connectivity index (χ0v) is 13.1. The van der Waals surface area contributed by atoms with Crippen LogP contribution in [-0.4, -0.2) is 16.3 Å². The van der Waals surface area contributed by atoms with E-state index < -0.39 is 5.60 Å². The van der Waals surface area contributed by atoms with Gasteiger partial charge in [-0.15, -0.1) is 0 Å². The van der Waals surface area contributed by atoms with E-state index in [-0.39, 0.29) is 6.09 Å². The zero-order valence-electron chi connectivity index (χ0n) is 13.1. The molecular weight excluding hydrogens is 262 g/mol. The molecular formula is C18H21NO2. The van der Waals surface area contributed by atoms with Crippen molar-refractivity contribution in [3.63, 3.8) is 0 Å². The van der Waals surface area contributed by atoms with Gasteiger partial charge in [0, 0.05) is 11.3 Å². The lowest BCUT2D eigenvalue weighted by Crippen LogP contribution is -2.28. The SMILES string of the molecule is Cc1cc2c(n1C(=O)OC(C)(C)C)-c1ccccc1CC2. The summed E-state index contributed by atoms with van der Waals surface area (Å²) in [7, 11) is 0. The number of fused-ring (bicyclic) bond motifs is 3. The summed E-state index contributed by atoms with van der Waals surface area (Å²) in [5, 5.41) is 0. The van der Waals surface area contributed by atoms with Crippen LogP contribution in [0.4, 0.5) is 4.79 Å². The first-order valence-electron chi connectivity index (χ1n) is 7.40. The number of rotatable bonds is 0. The van der Waals surface area contributed by atoms with Crippen LogP contribution in [0.1, 0.15) is 37.6 Å². The summed E-state index contributed by atoms with van der Waals surface area (Å²) >= 11 is 0. The average molecular weight is 283 g/mol. The Hall–Kier alpha value is -2.03. The summed E-state index contributed by atoms with van der Waals surface area (Å²) in [6, 6.07) is 10.4. The van der Waals surface area contributed by atoms with E-state index in [1.54, 1.807) is 4.57 Å². The second kappa shape index (κ2) is 4.76. The van der Waals surface area contributed by atoms with Crippen LogP contribution in [-0.2, 0) is 17.6 Å². The van der Waals surface area contributed by atoms with E-state index in [1.807, 2.05) is 33.8 Å². The number of benzene rings is 1. The number of hydrogen-bond acceptors (Lipinski definition) is 2.